The molecule has 6 nitrogen and oxygen atoms in total. The summed E-state index contributed by atoms with van der Waals surface area (Å²) in [5.74, 6) is -0.205. The van der Waals surface area contributed by atoms with Gasteiger partial charge in [0.1, 0.15) is 0 Å². The first-order chi connectivity index (χ1) is 12.6. The Labute approximate surface area is 159 Å². The summed E-state index contributed by atoms with van der Waals surface area (Å²) in [6, 6.07) is 7.66. The molecule has 2 heterocycles. The number of likely N-dealkylation sites (tertiary alicyclic amines) is 1. The molecule has 2 amide bonds. The van der Waals surface area contributed by atoms with Gasteiger partial charge in [-0.3, -0.25) is 14.5 Å². The number of halogens is 1. The smallest absolute Gasteiger partial charge is 0.225 e. The van der Waals surface area contributed by atoms with Gasteiger partial charge in [-0.05, 0) is 24.1 Å². The number of carbonyl (C=O) groups excluding carboxylic acids is 2. The fraction of sp³-hybridized carbons (Fsp3) is 0.579. The van der Waals surface area contributed by atoms with Crippen molar-refractivity contribution in [2.75, 3.05) is 52.5 Å². The molecule has 0 aliphatic carbocycles. The Morgan fingerprint density at radius 3 is 2.85 bits per heavy atom. The summed E-state index contributed by atoms with van der Waals surface area (Å²) < 4.78 is 5.31. The number of ether oxygens (including phenoxy) is 1. The van der Waals surface area contributed by atoms with E-state index >= 15 is 0 Å². The highest BCUT2D eigenvalue weighted by atomic mass is 35.5. The molecule has 1 aromatic rings. The molecular weight excluding hydrogens is 354 g/mol. The lowest BCUT2D eigenvalue weighted by Gasteiger charge is -2.26. The van der Waals surface area contributed by atoms with Crippen LogP contribution in [0.4, 0.5) is 0 Å². The third kappa shape index (κ3) is 5.43. The van der Waals surface area contributed by atoms with Crippen molar-refractivity contribution in [3.05, 3.63) is 34.9 Å². The SMILES string of the molecule is O=C(NCCN1CCOCC1)C1CC(=O)N(CCc2cccc(Cl)c2)C1. The van der Waals surface area contributed by atoms with Crippen LogP contribution in [0.3, 0.4) is 0 Å². The van der Waals surface area contributed by atoms with Gasteiger partial charge in [0.2, 0.25) is 11.8 Å². The summed E-state index contributed by atoms with van der Waals surface area (Å²) in [6.45, 7) is 5.91. The molecule has 7 heteroatoms. The van der Waals surface area contributed by atoms with E-state index in [0.29, 0.717) is 31.1 Å². The van der Waals surface area contributed by atoms with E-state index in [9.17, 15) is 9.59 Å². The van der Waals surface area contributed by atoms with Gasteiger partial charge in [-0.1, -0.05) is 23.7 Å². The first-order valence-corrected chi connectivity index (χ1v) is 9.59. The molecular formula is C19H26ClN3O3. The summed E-state index contributed by atoms with van der Waals surface area (Å²) in [5, 5.41) is 3.68. The zero-order valence-corrected chi connectivity index (χ0v) is 15.7. The van der Waals surface area contributed by atoms with Gasteiger partial charge in [-0.15, -0.1) is 0 Å². The van der Waals surface area contributed by atoms with Gasteiger partial charge in [0.15, 0.2) is 0 Å². The maximum Gasteiger partial charge on any atom is 0.225 e. The number of nitrogens with zero attached hydrogens (tertiary/aromatic N) is 2. The predicted molar refractivity (Wildman–Crippen MR) is 100 cm³/mol. The Bertz CT molecular complexity index is 634. The zero-order chi connectivity index (χ0) is 18.4. The summed E-state index contributed by atoms with van der Waals surface area (Å²) >= 11 is 5.99. The van der Waals surface area contributed by atoms with Crippen molar-refractivity contribution in [3.63, 3.8) is 0 Å². The van der Waals surface area contributed by atoms with E-state index in [1.54, 1.807) is 4.90 Å². The first kappa shape index (κ1) is 19.1. The summed E-state index contributed by atoms with van der Waals surface area (Å²) in [4.78, 5) is 28.6. The van der Waals surface area contributed by atoms with E-state index in [0.717, 1.165) is 44.8 Å². The summed E-state index contributed by atoms with van der Waals surface area (Å²) in [5.41, 5.74) is 1.10. The fourth-order valence-corrected chi connectivity index (χ4v) is 3.64. The van der Waals surface area contributed by atoms with Crippen molar-refractivity contribution in [3.8, 4) is 0 Å². The van der Waals surface area contributed by atoms with Gasteiger partial charge in [-0.25, -0.2) is 0 Å². The number of morpholine rings is 1. The molecule has 1 N–H and O–H groups in total. The van der Waals surface area contributed by atoms with E-state index in [2.05, 4.69) is 10.2 Å². The Kier molecular flexibility index (Phi) is 6.88. The average Bonchev–Trinajstić information content (AvgIpc) is 3.02. The molecule has 142 valence electrons. The highest BCUT2D eigenvalue weighted by molar-refractivity contribution is 6.30. The van der Waals surface area contributed by atoms with Crippen LogP contribution in [0.2, 0.25) is 5.02 Å². The lowest BCUT2D eigenvalue weighted by molar-refractivity contribution is -0.129. The van der Waals surface area contributed by atoms with Crippen molar-refractivity contribution in [1.82, 2.24) is 15.1 Å². The Balaban J connectivity index is 1.39. The average molecular weight is 380 g/mol. The van der Waals surface area contributed by atoms with Crippen LogP contribution >= 0.6 is 11.6 Å². The molecule has 2 aliphatic rings. The number of amides is 2. The van der Waals surface area contributed by atoms with Gasteiger partial charge < -0.3 is 15.0 Å². The van der Waals surface area contributed by atoms with E-state index in [4.69, 9.17) is 16.3 Å². The van der Waals surface area contributed by atoms with Crippen molar-refractivity contribution in [1.29, 1.82) is 0 Å². The minimum atomic E-state index is -0.244. The lowest BCUT2D eigenvalue weighted by atomic mass is 10.1. The highest BCUT2D eigenvalue weighted by Gasteiger charge is 2.33. The molecule has 2 saturated heterocycles. The monoisotopic (exact) mass is 379 g/mol. The second-order valence-electron chi connectivity index (χ2n) is 6.87. The fourth-order valence-electron chi connectivity index (χ4n) is 3.43. The number of benzene rings is 1. The van der Waals surface area contributed by atoms with Crippen LogP contribution in [0.1, 0.15) is 12.0 Å². The molecule has 1 aromatic carbocycles. The van der Waals surface area contributed by atoms with Crippen LogP contribution in [0.25, 0.3) is 0 Å². The molecule has 0 aromatic heterocycles. The molecule has 0 bridgehead atoms. The first-order valence-electron chi connectivity index (χ1n) is 9.22. The number of carbonyl (C=O) groups is 2. The summed E-state index contributed by atoms with van der Waals surface area (Å²) in [6.07, 6.45) is 1.05. The number of hydrogen-bond acceptors (Lipinski definition) is 4. The van der Waals surface area contributed by atoms with Crippen LogP contribution < -0.4 is 5.32 Å². The van der Waals surface area contributed by atoms with Gasteiger partial charge in [0.25, 0.3) is 0 Å². The lowest BCUT2D eigenvalue weighted by Crippen LogP contribution is -2.42. The van der Waals surface area contributed by atoms with E-state index in [1.807, 2.05) is 24.3 Å². The molecule has 1 unspecified atom stereocenters. The van der Waals surface area contributed by atoms with Crippen LogP contribution in [-0.2, 0) is 20.7 Å². The number of hydrogen-bond donors (Lipinski definition) is 1. The Morgan fingerprint density at radius 2 is 2.08 bits per heavy atom. The molecule has 3 rings (SSSR count). The van der Waals surface area contributed by atoms with E-state index < -0.39 is 0 Å². The maximum atomic E-state index is 12.3. The minimum absolute atomic E-state index is 0.0168. The highest BCUT2D eigenvalue weighted by Crippen LogP contribution is 2.19. The van der Waals surface area contributed by atoms with Crippen LogP contribution in [0.15, 0.2) is 24.3 Å². The Hall–Kier alpha value is -1.63. The van der Waals surface area contributed by atoms with Crippen molar-refractivity contribution in [2.45, 2.75) is 12.8 Å². The standard InChI is InChI=1S/C19H26ClN3O3/c20-17-3-1-2-15(12-17)4-6-23-14-16(13-18(23)24)19(25)21-5-7-22-8-10-26-11-9-22/h1-3,12,16H,4-11,13-14H2,(H,21,25). The minimum Gasteiger partial charge on any atom is -0.379 e. The normalized spacial score (nSPS) is 21.2. The van der Waals surface area contributed by atoms with Crippen molar-refractivity contribution >= 4 is 23.4 Å². The quantitative estimate of drug-likeness (QED) is 0.772. The summed E-state index contributed by atoms with van der Waals surface area (Å²) in [7, 11) is 0. The van der Waals surface area contributed by atoms with Crippen molar-refractivity contribution in [2.24, 2.45) is 5.92 Å². The predicted octanol–water partition coefficient (Wildman–Crippen LogP) is 1.18. The Morgan fingerprint density at radius 1 is 1.27 bits per heavy atom. The van der Waals surface area contributed by atoms with E-state index in [1.165, 1.54) is 0 Å². The third-order valence-electron chi connectivity index (χ3n) is 4.98. The molecule has 0 spiro atoms. The molecule has 0 saturated carbocycles. The molecule has 2 fully saturated rings. The van der Waals surface area contributed by atoms with Crippen LogP contribution in [-0.4, -0.2) is 74.1 Å². The van der Waals surface area contributed by atoms with Crippen molar-refractivity contribution < 1.29 is 14.3 Å². The number of rotatable bonds is 7. The largest absolute Gasteiger partial charge is 0.379 e. The molecule has 0 radical (unpaired) electrons. The third-order valence-corrected chi connectivity index (χ3v) is 5.21. The second kappa shape index (κ2) is 9.35. The zero-order valence-electron chi connectivity index (χ0n) is 15.0. The van der Waals surface area contributed by atoms with Gasteiger partial charge in [-0.2, -0.15) is 0 Å². The molecule has 26 heavy (non-hydrogen) atoms. The van der Waals surface area contributed by atoms with Gasteiger partial charge >= 0.3 is 0 Å². The van der Waals surface area contributed by atoms with Gasteiger partial charge in [0, 0.05) is 50.7 Å². The van der Waals surface area contributed by atoms with Crippen LogP contribution in [0.5, 0.6) is 0 Å². The molecule has 1 atom stereocenters. The van der Waals surface area contributed by atoms with E-state index in [-0.39, 0.29) is 17.7 Å². The number of nitrogens with one attached hydrogen (secondary N) is 1. The second-order valence-corrected chi connectivity index (χ2v) is 7.30. The maximum absolute atomic E-state index is 12.3. The van der Waals surface area contributed by atoms with Gasteiger partial charge in [0.05, 0.1) is 19.1 Å². The molecule has 2 aliphatic heterocycles. The topological polar surface area (TPSA) is 61.9 Å². The van der Waals surface area contributed by atoms with Crippen LogP contribution in [0, 0.1) is 5.92 Å².